The van der Waals surface area contributed by atoms with Gasteiger partial charge in [0, 0.05) is 19.3 Å². The molecular weight excluding hydrogens is 230 g/mol. The summed E-state index contributed by atoms with van der Waals surface area (Å²) in [5.41, 5.74) is 9.15. The third-order valence-corrected chi connectivity index (χ3v) is 3.33. The molecule has 17 heavy (non-hydrogen) atoms. The van der Waals surface area contributed by atoms with E-state index < -0.39 is 0 Å². The molecule has 0 saturated carbocycles. The van der Waals surface area contributed by atoms with Crippen LogP contribution in [0.1, 0.15) is 11.1 Å². The van der Waals surface area contributed by atoms with Crippen LogP contribution in [-0.4, -0.2) is 7.05 Å². The minimum atomic E-state index is 0.526. The lowest BCUT2D eigenvalue weighted by Crippen LogP contribution is -2.16. The first-order chi connectivity index (χ1) is 8.20. The number of nitrogens with zero attached hydrogens (tertiary/aromatic N) is 2. The molecule has 2 N–H and O–H groups in total. The predicted octanol–water partition coefficient (Wildman–Crippen LogP) is 2.84. The maximum absolute atomic E-state index is 8.81. The maximum Gasteiger partial charge on any atom is 0.101 e. The molecule has 86 valence electrons. The second kappa shape index (κ2) is 4.89. The number of rotatable bonds is 3. The third-order valence-electron chi connectivity index (χ3n) is 2.60. The Balaban J connectivity index is 2.17. The fourth-order valence-corrected chi connectivity index (χ4v) is 2.30. The zero-order valence-electron chi connectivity index (χ0n) is 9.55. The number of anilines is 2. The van der Waals surface area contributed by atoms with Gasteiger partial charge in [0.15, 0.2) is 0 Å². The highest BCUT2D eigenvalue weighted by Gasteiger charge is 2.05. The molecule has 0 fully saturated rings. The molecule has 0 bridgehead atoms. The van der Waals surface area contributed by atoms with E-state index in [-0.39, 0.29) is 0 Å². The van der Waals surface area contributed by atoms with Crippen LogP contribution in [-0.2, 0) is 6.54 Å². The Kier molecular flexibility index (Phi) is 3.31. The van der Waals surface area contributed by atoms with Crippen LogP contribution >= 0.6 is 11.3 Å². The molecule has 0 spiro atoms. The maximum atomic E-state index is 8.81. The smallest absolute Gasteiger partial charge is 0.101 e. The van der Waals surface area contributed by atoms with Crippen molar-refractivity contribution in [3.05, 3.63) is 46.2 Å². The first kappa shape index (κ1) is 11.5. The number of hydrogen-bond acceptors (Lipinski definition) is 4. The largest absolute Gasteiger partial charge is 0.398 e. The molecule has 0 aliphatic heterocycles. The van der Waals surface area contributed by atoms with Crippen LogP contribution in [0.25, 0.3) is 0 Å². The van der Waals surface area contributed by atoms with Crippen LogP contribution in [0.2, 0.25) is 0 Å². The van der Waals surface area contributed by atoms with Crippen LogP contribution in [0.4, 0.5) is 11.4 Å². The van der Waals surface area contributed by atoms with Crippen LogP contribution in [0.15, 0.2) is 35.0 Å². The van der Waals surface area contributed by atoms with Gasteiger partial charge in [0.2, 0.25) is 0 Å². The number of nitrogen functional groups attached to an aromatic ring is 1. The second-order valence-electron chi connectivity index (χ2n) is 3.87. The Bertz CT molecular complexity index is 540. The SMILES string of the molecule is CN(Cc1ccsc1)c1ccc(C#N)c(N)c1. The number of benzene rings is 1. The zero-order valence-corrected chi connectivity index (χ0v) is 10.4. The number of thiophene rings is 1. The Labute approximate surface area is 105 Å². The van der Waals surface area contributed by atoms with E-state index in [2.05, 4.69) is 27.8 Å². The van der Waals surface area contributed by atoms with Crippen molar-refractivity contribution in [2.24, 2.45) is 0 Å². The summed E-state index contributed by atoms with van der Waals surface area (Å²) in [5, 5.41) is 13.0. The highest BCUT2D eigenvalue weighted by atomic mass is 32.1. The lowest BCUT2D eigenvalue weighted by molar-refractivity contribution is 0.928. The van der Waals surface area contributed by atoms with Crippen LogP contribution < -0.4 is 10.6 Å². The zero-order chi connectivity index (χ0) is 12.3. The summed E-state index contributed by atoms with van der Waals surface area (Å²) in [7, 11) is 2.01. The fourth-order valence-electron chi connectivity index (χ4n) is 1.64. The molecule has 4 heteroatoms. The minimum absolute atomic E-state index is 0.526. The van der Waals surface area contributed by atoms with Gasteiger partial charge >= 0.3 is 0 Å². The molecule has 1 aromatic carbocycles. The van der Waals surface area contributed by atoms with E-state index in [0.717, 1.165) is 12.2 Å². The van der Waals surface area contributed by atoms with E-state index in [4.69, 9.17) is 11.0 Å². The third kappa shape index (κ3) is 2.58. The molecular formula is C13H13N3S. The molecule has 0 saturated heterocycles. The summed E-state index contributed by atoms with van der Waals surface area (Å²) in [6.45, 7) is 0.842. The topological polar surface area (TPSA) is 53.0 Å². The molecule has 0 unspecified atom stereocenters. The van der Waals surface area contributed by atoms with Crippen molar-refractivity contribution < 1.29 is 0 Å². The summed E-state index contributed by atoms with van der Waals surface area (Å²) in [6, 6.07) is 9.69. The number of nitriles is 1. The molecule has 0 atom stereocenters. The van der Waals surface area contributed by atoms with Gasteiger partial charge in [-0.15, -0.1) is 0 Å². The molecule has 1 aromatic heterocycles. The fraction of sp³-hybridized carbons (Fsp3) is 0.154. The lowest BCUT2D eigenvalue weighted by atomic mass is 10.1. The van der Waals surface area contributed by atoms with Crippen molar-refractivity contribution in [2.75, 3.05) is 17.7 Å². The van der Waals surface area contributed by atoms with Gasteiger partial charge in [-0.2, -0.15) is 16.6 Å². The second-order valence-corrected chi connectivity index (χ2v) is 4.65. The minimum Gasteiger partial charge on any atom is -0.398 e. The molecule has 2 aromatic rings. The van der Waals surface area contributed by atoms with E-state index in [1.54, 1.807) is 17.4 Å². The Hall–Kier alpha value is -1.99. The lowest BCUT2D eigenvalue weighted by Gasteiger charge is -2.19. The average molecular weight is 243 g/mol. The van der Waals surface area contributed by atoms with Gasteiger partial charge in [0.05, 0.1) is 11.3 Å². The molecule has 1 heterocycles. The molecule has 3 nitrogen and oxygen atoms in total. The van der Waals surface area contributed by atoms with Crippen LogP contribution in [0, 0.1) is 11.3 Å². The van der Waals surface area contributed by atoms with Crippen molar-refractivity contribution in [1.82, 2.24) is 0 Å². The van der Waals surface area contributed by atoms with Gasteiger partial charge < -0.3 is 10.6 Å². The van der Waals surface area contributed by atoms with E-state index in [9.17, 15) is 0 Å². The van der Waals surface area contributed by atoms with E-state index in [0.29, 0.717) is 11.3 Å². The van der Waals surface area contributed by atoms with Crippen LogP contribution in [0.3, 0.4) is 0 Å². The molecule has 0 aliphatic rings. The van der Waals surface area contributed by atoms with E-state index in [1.807, 2.05) is 19.2 Å². The Morgan fingerprint density at radius 1 is 1.41 bits per heavy atom. The Morgan fingerprint density at radius 2 is 2.24 bits per heavy atom. The van der Waals surface area contributed by atoms with Crippen molar-refractivity contribution in [3.8, 4) is 6.07 Å². The van der Waals surface area contributed by atoms with Gasteiger partial charge in [0.1, 0.15) is 6.07 Å². The summed E-state index contributed by atoms with van der Waals surface area (Å²) in [5.74, 6) is 0. The normalized spacial score (nSPS) is 9.88. The summed E-state index contributed by atoms with van der Waals surface area (Å²) in [4.78, 5) is 2.11. The quantitative estimate of drug-likeness (QED) is 0.843. The van der Waals surface area contributed by atoms with Gasteiger partial charge in [-0.3, -0.25) is 0 Å². The van der Waals surface area contributed by atoms with Gasteiger partial charge in [-0.25, -0.2) is 0 Å². The monoisotopic (exact) mass is 243 g/mol. The first-order valence-electron chi connectivity index (χ1n) is 5.22. The van der Waals surface area contributed by atoms with E-state index in [1.165, 1.54) is 5.56 Å². The van der Waals surface area contributed by atoms with Crippen molar-refractivity contribution in [2.45, 2.75) is 6.54 Å². The highest BCUT2D eigenvalue weighted by Crippen LogP contribution is 2.22. The van der Waals surface area contributed by atoms with Gasteiger partial charge in [0.25, 0.3) is 0 Å². The number of nitrogens with two attached hydrogens (primary N) is 1. The van der Waals surface area contributed by atoms with E-state index >= 15 is 0 Å². The molecule has 0 aliphatic carbocycles. The standard InChI is InChI=1S/C13H13N3S/c1-16(8-10-4-5-17-9-10)12-3-2-11(7-14)13(15)6-12/h2-6,9H,8,15H2,1H3. The van der Waals surface area contributed by atoms with Crippen molar-refractivity contribution in [1.29, 1.82) is 5.26 Å². The first-order valence-corrected chi connectivity index (χ1v) is 6.17. The molecule has 0 radical (unpaired) electrons. The predicted molar refractivity (Wildman–Crippen MR) is 72.0 cm³/mol. The Morgan fingerprint density at radius 3 is 2.82 bits per heavy atom. The molecule has 2 rings (SSSR count). The van der Waals surface area contributed by atoms with Crippen molar-refractivity contribution in [3.63, 3.8) is 0 Å². The van der Waals surface area contributed by atoms with Crippen molar-refractivity contribution >= 4 is 22.7 Å². The summed E-state index contributed by atoms with van der Waals surface area (Å²) < 4.78 is 0. The number of hydrogen-bond donors (Lipinski definition) is 1. The van der Waals surface area contributed by atoms with Gasteiger partial charge in [-0.05, 0) is 40.6 Å². The average Bonchev–Trinajstić information content (AvgIpc) is 2.81. The summed E-state index contributed by atoms with van der Waals surface area (Å²) >= 11 is 1.69. The van der Waals surface area contributed by atoms with Gasteiger partial charge in [-0.1, -0.05) is 0 Å². The molecule has 0 amide bonds. The van der Waals surface area contributed by atoms with Crippen LogP contribution in [0.5, 0.6) is 0 Å². The summed E-state index contributed by atoms with van der Waals surface area (Å²) in [6.07, 6.45) is 0. The highest BCUT2D eigenvalue weighted by molar-refractivity contribution is 7.07.